The van der Waals surface area contributed by atoms with Crippen LogP contribution >= 0.6 is 11.6 Å². The second-order valence-corrected chi connectivity index (χ2v) is 5.28. The molecule has 0 aliphatic heterocycles. The topological polar surface area (TPSA) is 26.2 Å². The minimum Gasteiger partial charge on any atom is -0.382 e. The standard InChI is InChI=1S/C16H23ClN2O/c1-3-18-11-13-12-19(8-5-9-20-4-2)16-10-14(17)6-7-15(13)16/h6-7,10,12,18H,3-5,8-9,11H2,1-2H3. The minimum absolute atomic E-state index is 0.782. The number of aromatic nitrogens is 1. The summed E-state index contributed by atoms with van der Waals surface area (Å²) in [7, 11) is 0. The van der Waals surface area contributed by atoms with Crippen molar-refractivity contribution in [3.05, 3.63) is 35.0 Å². The van der Waals surface area contributed by atoms with Gasteiger partial charge in [-0.05, 0) is 37.6 Å². The Balaban J connectivity index is 2.20. The highest BCUT2D eigenvalue weighted by atomic mass is 35.5. The van der Waals surface area contributed by atoms with Gasteiger partial charge in [-0.3, -0.25) is 0 Å². The molecule has 0 unspecified atom stereocenters. The molecule has 0 amide bonds. The highest BCUT2D eigenvalue weighted by molar-refractivity contribution is 6.31. The highest BCUT2D eigenvalue weighted by Crippen LogP contribution is 2.25. The van der Waals surface area contributed by atoms with E-state index in [0.717, 1.165) is 44.3 Å². The van der Waals surface area contributed by atoms with E-state index in [1.165, 1.54) is 16.5 Å². The average molecular weight is 295 g/mol. The largest absolute Gasteiger partial charge is 0.382 e. The summed E-state index contributed by atoms with van der Waals surface area (Å²) in [5.41, 5.74) is 2.54. The van der Waals surface area contributed by atoms with Crippen LogP contribution in [-0.4, -0.2) is 24.3 Å². The van der Waals surface area contributed by atoms with Crippen LogP contribution in [0, 0.1) is 0 Å². The molecule has 0 atom stereocenters. The Hall–Kier alpha value is -1.03. The van der Waals surface area contributed by atoms with Gasteiger partial charge in [0.25, 0.3) is 0 Å². The molecule has 0 aliphatic rings. The Labute approximate surface area is 125 Å². The van der Waals surface area contributed by atoms with Gasteiger partial charge in [0.05, 0.1) is 0 Å². The summed E-state index contributed by atoms with van der Waals surface area (Å²) in [5, 5.41) is 5.46. The van der Waals surface area contributed by atoms with Gasteiger partial charge in [-0.2, -0.15) is 0 Å². The summed E-state index contributed by atoms with van der Waals surface area (Å²) in [5.74, 6) is 0. The number of hydrogen-bond acceptors (Lipinski definition) is 2. The first-order valence-corrected chi connectivity index (χ1v) is 7.69. The van der Waals surface area contributed by atoms with Crippen molar-refractivity contribution in [1.82, 2.24) is 9.88 Å². The van der Waals surface area contributed by atoms with E-state index in [0.29, 0.717) is 0 Å². The van der Waals surface area contributed by atoms with Crippen molar-refractivity contribution in [3.63, 3.8) is 0 Å². The van der Waals surface area contributed by atoms with Crippen LogP contribution in [0.1, 0.15) is 25.8 Å². The number of ether oxygens (including phenoxy) is 1. The van der Waals surface area contributed by atoms with E-state index < -0.39 is 0 Å². The highest BCUT2D eigenvalue weighted by Gasteiger charge is 2.08. The zero-order valence-corrected chi connectivity index (χ0v) is 13.0. The number of rotatable bonds is 8. The Morgan fingerprint density at radius 1 is 1.30 bits per heavy atom. The maximum absolute atomic E-state index is 6.13. The Morgan fingerprint density at radius 2 is 2.15 bits per heavy atom. The third kappa shape index (κ3) is 3.75. The first-order valence-electron chi connectivity index (χ1n) is 7.32. The molecule has 1 N–H and O–H groups in total. The molecule has 2 rings (SSSR count). The molecule has 3 nitrogen and oxygen atoms in total. The normalized spacial score (nSPS) is 11.3. The van der Waals surface area contributed by atoms with E-state index in [9.17, 15) is 0 Å². The Morgan fingerprint density at radius 3 is 2.90 bits per heavy atom. The zero-order valence-electron chi connectivity index (χ0n) is 12.3. The predicted molar refractivity (Wildman–Crippen MR) is 85.4 cm³/mol. The molecule has 0 radical (unpaired) electrons. The number of hydrogen-bond donors (Lipinski definition) is 1. The van der Waals surface area contributed by atoms with Crippen molar-refractivity contribution >= 4 is 22.5 Å². The molecular weight excluding hydrogens is 272 g/mol. The van der Waals surface area contributed by atoms with Gasteiger partial charge in [0.1, 0.15) is 0 Å². The van der Waals surface area contributed by atoms with Crippen LogP contribution in [0.25, 0.3) is 10.9 Å². The molecule has 4 heteroatoms. The van der Waals surface area contributed by atoms with Crippen LogP contribution in [0.4, 0.5) is 0 Å². The van der Waals surface area contributed by atoms with Gasteiger partial charge in [0.15, 0.2) is 0 Å². The van der Waals surface area contributed by atoms with Crippen molar-refractivity contribution in [3.8, 4) is 0 Å². The fraction of sp³-hybridized carbons (Fsp3) is 0.500. The van der Waals surface area contributed by atoms with Crippen LogP contribution < -0.4 is 5.32 Å². The smallest absolute Gasteiger partial charge is 0.0498 e. The number of halogens is 1. The molecule has 0 spiro atoms. The van der Waals surface area contributed by atoms with Crippen molar-refractivity contribution in [1.29, 1.82) is 0 Å². The van der Waals surface area contributed by atoms with Crippen LogP contribution in [0.15, 0.2) is 24.4 Å². The molecule has 2 aromatic rings. The monoisotopic (exact) mass is 294 g/mol. The third-order valence-electron chi connectivity index (χ3n) is 3.38. The van der Waals surface area contributed by atoms with Gasteiger partial charge in [0, 0.05) is 48.4 Å². The van der Waals surface area contributed by atoms with E-state index in [4.69, 9.17) is 16.3 Å². The second-order valence-electron chi connectivity index (χ2n) is 4.84. The SMILES string of the molecule is CCNCc1cn(CCCOCC)c2cc(Cl)ccc12. The first-order chi connectivity index (χ1) is 9.76. The molecule has 0 saturated carbocycles. The predicted octanol–water partition coefficient (Wildman–Crippen LogP) is 3.83. The zero-order chi connectivity index (χ0) is 14.4. The summed E-state index contributed by atoms with van der Waals surface area (Å²) in [4.78, 5) is 0. The molecule has 0 bridgehead atoms. The lowest BCUT2D eigenvalue weighted by Crippen LogP contribution is -2.11. The molecular formula is C16H23ClN2O. The van der Waals surface area contributed by atoms with Gasteiger partial charge < -0.3 is 14.6 Å². The molecule has 0 fully saturated rings. The van der Waals surface area contributed by atoms with Crippen molar-refractivity contribution < 1.29 is 4.74 Å². The maximum Gasteiger partial charge on any atom is 0.0498 e. The van der Waals surface area contributed by atoms with Crippen LogP contribution in [0.3, 0.4) is 0 Å². The van der Waals surface area contributed by atoms with Gasteiger partial charge in [-0.15, -0.1) is 0 Å². The van der Waals surface area contributed by atoms with Crippen molar-refractivity contribution in [2.24, 2.45) is 0 Å². The van der Waals surface area contributed by atoms with Crippen LogP contribution in [0.2, 0.25) is 5.02 Å². The summed E-state index contributed by atoms with van der Waals surface area (Å²) < 4.78 is 7.70. The van der Waals surface area contributed by atoms with Gasteiger partial charge >= 0.3 is 0 Å². The lowest BCUT2D eigenvalue weighted by atomic mass is 10.2. The Kier molecular flexibility index (Phi) is 5.89. The first kappa shape index (κ1) is 15.4. The average Bonchev–Trinajstić information content (AvgIpc) is 2.79. The Bertz CT molecular complexity index is 551. The van der Waals surface area contributed by atoms with E-state index in [1.807, 2.05) is 19.1 Å². The molecule has 20 heavy (non-hydrogen) atoms. The van der Waals surface area contributed by atoms with E-state index in [2.05, 4.69) is 29.1 Å². The molecule has 1 heterocycles. The quantitative estimate of drug-likeness (QED) is 0.749. The molecule has 1 aromatic carbocycles. The van der Waals surface area contributed by atoms with E-state index in [-0.39, 0.29) is 0 Å². The minimum atomic E-state index is 0.782. The van der Waals surface area contributed by atoms with Crippen LogP contribution in [-0.2, 0) is 17.8 Å². The second kappa shape index (κ2) is 7.67. The number of fused-ring (bicyclic) bond motifs is 1. The van der Waals surface area contributed by atoms with Crippen molar-refractivity contribution in [2.75, 3.05) is 19.8 Å². The van der Waals surface area contributed by atoms with E-state index in [1.54, 1.807) is 0 Å². The molecule has 0 aliphatic carbocycles. The third-order valence-corrected chi connectivity index (χ3v) is 3.62. The number of aryl methyl sites for hydroxylation is 1. The molecule has 0 saturated heterocycles. The fourth-order valence-electron chi connectivity index (χ4n) is 2.41. The van der Waals surface area contributed by atoms with Gasteiger partial charge in [-0.25, -0.2) is 0 Å². The lowest BCUT2D eigenvalue weighted by molar-refractivity contribution is 0.142. The fourth-order valence-corrected chi connectivity index (χ4v) is 2.57. The van der Waals surface area contributed by atoms with Gasteiger partial charge in [-0.1, -0.05) is 24.6 Å². The van der Waals surface area contributed by atoms with Gasteiger partial charge in [0.2, 0.25) is 0 Å². The lowest BCUT2D eigenvalue weighted by Gasteiger charge is -2.05. The number of nitrogens with one attached hydrogen (secondary N) is 1. The summed E-state index contributed by atoms with van der Waals surface area (Å²) in [6, 6.07) is 6.13. The molecule has 1 aromatic heterocycles. The summed E-state index contributed by atoms with van der Waals surface area (Å²) in [6.07, 6.45) is 3.25. The molecule has 110 valence electrons. The number of nitrogens with zero attached hydrogens (tertiary/aromatic N) is 1. The van der Waals surface area contributed by atoms with E-state index >= 15 is 0 Å². The maximum atomic E-state index is 6.13. The number of benzene rings is 1. The summed E-state index contributed by atoms with van der Waals surface area (Å²) in [6.45, 7) is 8.57. The van der Waals surface area contributed by atoms with Crippen LogP contribution in [0.5, 0.6) is 0 Å². The summed E-state index contributed by atoms with van der Waals surface area (Å²) >= 11 is 6.13. The van der Waals surface area contributed by atoms with Crippen molar-refractivity contribution in [2.45, 2.75) is 33.4 Å².